The second-order valence-corrected chi connectivity index (χ2v) is 12.6. The van der Waals surface area contributed by atoms with Crippen molar-refractivity contribution in [3.8, 4) is 11.5 Å². The van der Waals surface area contributed by atoms with E-state index in [9.17, 15) is 4.79 Å². The topological polar surface area (TPSA) is 90.3 Å². The Labute approximate surface area is 271 Å². The summed E-state index contributed by atoms with van der Waals surface area (Å²) in [6, 6.07) is 19.3. The van der Waals surface area contributed by atoms with E-state index in [1.807, 2.05) is 69.3 Å². The molecular formula is C34H38BrN5O3S. The molecule has 1 unspecified atom stereocenters. The zero-order valence-electron chi connectivity index (χ0n) is 25.7. The summed E-state index contributed by atoms with van der Waals surface area (Å²) in [6.07, 6.45) is 2.17. The number of rotatable bonds is 12. The Bertz CT molecular complexity index is 1690. The maximum Gasteiger partial charge on any atom is 0.255 e. The number of unbranched alkanes of at least 4 members (excludes halogenated alkanes) is 1. The van der Waals surface area contributed by atoms with Crippen molar-refractivity contribution in [1.29, 1.82) is 0 Å². The first-order valence-electron chi connectivity index (χ1n) is 14.9. The molecule has 0 spiro atoms. The smallest absolute Gasteiger partial charge is 0.255 e. The Morgan fingerprint density at radius 2 is 1.89 bits per heavy atom. The Kier molecular flexibility index (Phi) is 10.3. The molecule has 0 aliphatic carbocycles. The summed E-state index contributed by atoms with van der Waals surface area (Å²) in [7, 11) is 0. The molecule has 4 aromatic rings. The number of hydrogen-bond donors (Lipinski definition) is 2. The van der Waals surface area contributed by atoms with Gasteiger partial charge in [-0.25, -0.2) is 4.68 Å². The number of allylic oxidation sites excluding steroid dienone is 1. The Balaban J connectivity index is 1.56. The van der Waals surface area contributed by atoms with Gasteiger partial charge in [-0.3, -0.25) is 4.79 Å². The summed E-state index contributed by atoms with van der Waals surface area (Å²) in [6.45, 7) is 10.9. The van der Waals surface area contributed by atoms with Crippen LogP contribution < -0.4 is 20.1 Å². The lowest BCUT2D eigenvalue weighted by Gasteiger charge is -2.29. The number of nitrogens with zero attached hydrogens (tertiary/aromatic N) is 3. The van der Waals surface area contributed by atoms with Gasteiger partial charge >= 0.3 is 0 Å². The number of aryl methyl sites for hydroxylation is 2. The summed E-state index contributed by atoms with van der Waals surface area (Å²) >= 11 is 5.38. The van der Waals surface area contributed by atoms with Gasteiger partial charge in [0.1, 0.15) is 12.6 Å². The number of anilines is 2. The zero-order valence-corrected chi connectivity index (χ0v) is 28.1. The summed E-state index contributed by atoms with van der Waals surface area (Å²) in [4.78, 5) is 18.8. The molecule has 1 aliphatic rings. The predicted octanol–water partition coefficient (Wildman–Crippen LogP) is 8.45. The number of carbonyl (C=O) groups excluding carboxylic acids is 1. The minimum atomic E-state index is -0.565. The minimum absolute atomic E-state index is 0.221. The fourth-order valence-electron chi connectivity index (χ4n) is 5.09. The molecule has 0 radical (unpaired) electrons. The molecular weight excluding hydrogens is 638 g/mol. The molecule has 1 atom stereocenters. The van der Waals surface area contributed by atoms with Crippen molar-refractivity contribution >= 4 is 45.2 Å². The molecule has 0 fully saturated rings. The molecule has 0 saturated carbocycles. The van der Waals surface area contributed by atoms with Gasteiger partial charge < -0.3 is 20.1 Å². The molecule has 2 heterocycles. The molecule has 44 heavy (non-hydrogen) atoms. The van der Waals surface area contributed by atoms with Gasteiger partial charge in [0.05, 0.1) is 16.7 Å². The maximum atomic E-state index is 14.0. The molecule has 2 N–H and O–H groups in total. The van der Waals surface area contributed by atoms with E-state index in [4.69, 9.17) is 19.6 Å². The highest BCUT2D eigenvalue weighted by Crippen LogP contribution is 2.43. The largest absolute Gasteiger partial charge is 0.490 e. The van der Waals surface area contributed by atoms with Crippen molar-refractivity contribution < 1.29 is 14.3 Å². The monoisotopic (exact) mass is 675 g/mol. The number of nitrogens with one attached hydrogen (secondary N) is 2. The summed E-state index contributed by atoms with van der Waals surface area (Å²) in [5, 5.41) is 12.0. The Morgan fingerprint density at radius 3 is 2.64 bits per heavy atom. The van der Waals surface area contributed by atoms with Crippen LogP contribution in [0.4, 0.5) is 11.6 Å². The molecule has 5 rings (SSSR count). The van der Waals surface area contributed by atoms with Crippen LogP contribution in [0.3, 0.4) is 0 Å². The fourth-order valence-corrected chi connectivity index (χ4v) is 6.58. The van der Waals surface area contributed by atoms with Crippen molar-refractivity contribution in [3.05, 3.63) is 98.7 Å². The quantitative estimate of drug-likeness (QED) is 0.115. The van der Waals surface area contributed by atoms with Crippen LogP contribution in [0.25, 0.3) is 0 Å². The number of benzene rings is 3. The van der Waals surface area contributed by atoms with Crippen molar-refractivity contribution in [2.24, 2.45) is 0 Å². The van der Waals surface area contributed by atoms with Crippen molar-refractivity contribution in [1.82, 2.24) is 14.8 Å². The molecule has 3 aromatic carbocycles. The van der Waals surface area contributed by atoms with E-state index in [1.165, 1.54) is 0 Å². The van der Waals surface area contributed by atoms with Gasteiger partial charge in [0, 0.05) is 17.1 Å². The highest BCUT2D eigenvalue weighted by atomic mass is 79.9. The number of aromatic nitrogens is 3. The molecule has 230 valence electrons. The van der Waals surface area contributed by atoms with Crippen LogP contribution in [-0.2, 0) is 11.4 Å². The lowest BCUT2D eigenvalue weighted by Crippen LogP contribution is -2.31. The number of thioether (sulfide) groups is 1. The first-order valence-corrected chi connectivity index (χ1v) is 16.7. The van der Waals surface area contributed by atoms with Crippen LogP contribution in [0.2, 0.25) is 0 Å². The third-order valence-electron chi connectivity index (χ3n) is 7.36. The zero-order chi connectivity index (χ0) is 31.2. The predicted molar refractivity (Wildman–Crippen MR) is 181 cm³/mol. The van der Waals surface area contributed by atoms with Crippen LogP contribution in [0.1, 0.15) is 61.9 Å². The van der Waals surface area contributed by atoms with Crippen LogP contribution >= 0.6 is 27.7 Å². The number of hydrogen-bond acceptors (Lipinski definition) is 7. The standard InChI is InChI=1S/C34H38BrN5O3S/c1-6-8-16-44-34-38-33-36-23(5)29(32(41)37-26-15-11-12-21(3)17-26)30(40(33)39-34)25-18-27(35)31(28(19-25)42-7-2)43-20-24-14-10-9-13-22(24)4/h9-15,17-19,30H,6-8,16,20H2,1-5H3,(H,37,41)(H,36,38,39). The average Bonchev–Trinajstić information content (AvgIpc) is 3.39. The molecule has 8 nitrogen and oxygen atoms in total. The second-order valence-electron chi connectivity index (χ2n) is 10.7. The molecule has 0 saturated heterocycles. The first-order chi connectivity index (χ1) is 21.3. The number of ether oxygens (including phenoxy) is 2. The summed E-state index contributed by atoms with van der Waals surface area (Å²) in [5.41, 5.74) is 6.10. The number of carbonyl (C=O) groups is 1. The Hall–Kier alpha value is -3.76. The van der Waals surface area contributed by atoms with Gasteiger partial charge in [-0.2, -0.15) is 4.98 Å². The van der Waals surface area contributed by atoms with Crippen LogP contribution in [0.5, 0.6) is 11.5 Å². The molecule has 1 aliphatic heterocycles. The lowest BCUT2D eigenvalue weighted by molar-refractivity contribution is -0.113. The van der Waals surface area contributed by atoms with Crippen LogP contribution in [-0.4, -0.2) is 33.0 Å². The highest BCUT2D eigenvalue weighted by molar-refractivity contribution is 9.10. The van der Waals surface area contributed by atoms with Gasteiger partial charge in [0.15, 0.2) is 11.5 Å². The van der Waals surface area contributed by atoms with Crippen LogP contribution in [0, 0.1) is 13.8 Å². The van der Waals surface area contributed by atoms with E-state index in [2.05, 4.69) is 52.5 Å². The van der Waals surface area contributed by atoms with E-state index >= 15 is 0 Å². The number of fused-ring (bicyclic) bond motifs is 1. The SMILES string of the molecule is CCCCSc1nc2n(n1)C(c1cc(Br)c(OCc3ccccc3C)c(OCC)c1)C(C(=O)Nc1cccc(C)c1)=C(C)N2. The molecule has 1 amide bonds. The molecule has 0 bridgehead atoms. The lowest BCUT2D eigenvalue weighted by atomic mass is 9.94. The van der Waals surface area contributed by atoms with Crippen molar-refractivity contribution in [2.45, 2.75) is 65.3 Å². The first kappa shape index (κ1) is 31.7. The molecule has 10 heteroatoms. The summed E-state index contributed by atoms with van der Waals surface area (Å²) in [5.74, 6) is 2.48. The maximum absolute atomic E-state index is 14.0. The van der Waals surface area contributed by atoms with Gasteiger partial charge in [-0.05, 0) is 96.6 Å². The van der Waals surface area contributed by atoms with E-state index in [0.717, 1.165) is 51.0 Å². The fraction of sp³-hybridized carbons (Fsp3) is 0.324. The van der Waals surface area contributed by atoms with Gasteiger partial charge in [0.25, 0.3) is 5.91 Å². The summed E-state index contributed by atoms with van der Waals surface area (Å²) < 4.78 is 15.0. The number of amides is 1. The van der Waals surface area contributed by atoms with E-state index in [0.29, 0.717) is 47.1 Å². The van der Waals surface area contributed by atoms with Crippen molar-refractivity contribution in [2.75, 3.05) is 23.0 Å². The number of halogens is 1. The van der Waals surface area contributed by atoms with E-state index < -0.39 is 6.04 Å². The third kappa shape index (κ3) is 7.13. The minimum Gasteiger partial charge on any atom is -0.490 e. The van der Waals surface area contributed by atoms with Gasteiger partial charge in [-0.15, -0.1) is 5.10 Å². The Morgan fingerprint density at radius 1 is 1.07 bits per heavy atom. The van der Waals surface area contributed by atoms with Gasteiger partial charge in [0.2, 0.25) is 11.1 Å². The van der Waals surface area contributed by atoms with Crippen molar-refractivity contribution in [3.63, 3.8) is 0 Å². The highest BCUT2D eigenvalue weighted by Gasteiger charge is 2.35. The van der Waals surface area contributed by atoms with Crippen LogP contribution in [0.15, 0.2) is 81.6 Å². The van der Waals surface area contributed by atoms with E-state index in [-0.39, 0.29) is 5.91 Å². The normalized spacial score (nSPS) is 14.2. The third-order valence-corrected chi connectivity index (χ3v) is 8.88. The molecule has 1 aromatic heterocycles. The average molecular weight is 677 g/mol. The second kappa shape index (κ2) is 14.3. The van der Waals surface area contributed by atoms with E-state index in [1.54, 1.807) is 16.4 Å². The van der Waals surface area contributed by atoms with Gasteiger partial charge in [-0.1, -0.05) is 61.5 Å².